The van der Waals surface area contributed by atoms with Crippen LogP contribution in [-0.2, 0) is 4.79 Å². The first-order chi connectivity index (χ1) is 13.7. The molecule has 160 valence electrons. The van der Waals surface area contributed by atoms with Crippen LogP contribution >= 0.6 is 0 Å². The average molecular weight is 390 g/mol. The number of nitrogens with one attached hydrogen (secondary N) is 1. The van der Waals surface area contributed by atoms with Gasteiger partial charge >= 0.3 is 0 Å². The highest BCUT2D eigenvalue weighted by Gasteiger charge is 2.03. The second-order valence-electron chi connectivity index (χ2n) is 8.15. The molecule has 0 heterocycles. The number of phenols is 1. The molecule has 1 rings (SSSR count). The predicted octanol–water partition coefficient (Wildman–Crippen LogP) is 7.98. The maximum Gasteiger partial charge on any atom is 0.224 e. The molecule has 0 aromatic heterocycles. The van der Waals surface area contributed by atoms with Crippen LogP contribution in [0.15, 0.2) is 24.3 Å². The van der Waals surface area contributed by atoms with E-state index in [2.05, 4.69) is 12.2 Å². The van der Waals surface area contributed by atoms with Crippen molar-refractivity contribution in [1.82, 2.24) is 0 Å². The zero-order valence-corrected chi connectivity index (χ0v) is 18.2. The van der Waals surface area contributed by atoms with E-state index in [1.165, 1.54) is 89.9 Å². The number of aromatic hydroxyl groups is 1. The van der Waals surface area contributed by atoms with Crippen molar-refractivity contribution in [1.29, 1.82) is 0 Å². The fourth-order valence-electron chi connectivity index (χ4n) is 3.64. The van der Waals surface area contributed by atoms with Crippen LogP contribution in [0.1, 0.15) is 116 Å². The van der Waals surface area contributed by atoms with Crippen LogP contribution < -0.4 is 5.32 Å². The van der Waals surface area contributed by atoms with Crippen LogP contribution in [0, 0.1) is 0 Å². The summed E-state index contributed by atoms with van der Waals surface area (Å²) in [6, 6.07) is 6.71. The molecule has 3 nitrogen and oxygen atoms in total. The van der Waals surface area contributed by atoms with Crippen molar-refractivity contribution < 1.29 is 9.90 Å². The summed E-state index contributed by atoms with van der Waals surface area (Å²) in [5.41, 5.74) is 0.668. The minimum atomic E-state index is 0.0379. The highest BCUT2D eigenvalue weighted by atomic mass is 16.3. The molecule has 2 N–H and O–H groups in total. The van der Waals surface area contributed by atoms with Gasteiger partial charge in [0.2, 0.25) is 5.91 Å². The van der Waals surface area contributed by atoms with Crippen LogP contribution in [0.4, 0.5) is 5.69 Å². The number of carbonyl (C=O) groups excluding carboxylic acids is 1. The lowest BCUT2D eigenvalue weighted by Crippen LogP contribution is -2.10. The van der Waals surface area contributed by atoms with E-state index < -0.39 is 0 Å². The SMILES string of the molecule is CCCCCCCCCCCCCCCCCCC(=O)Nc1cccc(O)c1. The van der Waals surface area contributed by atoms with E-state index in [4.69, 9.17) is 0 Å². The van der Waals surface area contributed by atoms with Crippen molar-refractivity contribution in [2.24, 2.45) is 0 Å². The van der Waals surface area contributed by atoms with Crippen LogP contribution in [0.3, 0.4) is 0 Å². The zero-order valence-electron chi connectivity index (χ0n) is 18.2. The van der Waals surface area contributed by atoms with Crippen molar-refractivity contribution in [3.8, 4) is 5.75 Å². The average Bonchev–Trinajstić information content (AvgIpc) is 2.67. The van der Waals surface area contributed by atoms with E-state index in [-0.39, 0.29) is 11.7 Å². The van der Waals surface area contributed by atoms with Gasteiger partial charge in [0.1, 0.15) is 5.75 Å². The summed E-state index contributed by atoms with van der Waals surface area (Å²) in [5, 5.41) is 12.2. The highest BCUT2D eigenvalue weighted by Crippen LogP contribution is 2.17. The topological polar surface area (TPSA) is 49.3 Å². The number of rotatable bonds is 18. The summed E-state index contributed by atoms with van der Waals surface area (Å²) in [7, 11) is 0. The molecule has 28 heavy (non-hydrogen) atoms. The fourth-order valence-corrected chi connectivity index (χ4v) is 3.64. The third-order valence-electron chi connectivity index (χ3n) is 5.39. The second-order valence-corrected chi connectivity index (χ2v) is 8.15. The molecule has 0 aliphatic carbocycles. The lowest BCUT2D eigenvalue weighted by Gasteiger charge is -2.06. The van der Waals surface area contributed by atoms with E-state index in [9.17, 15) is 9.90 Å². The standard InChI is InChI=1S/C25H43NO2/c1-2-3-4-5-6-7-8-9-10-11-12-13-14-15-16-17-21-25(28)26-23-19-18-20-24(27)22-23/h18-20,22,27H,2-17,21H2,1H3,(H,26,28). The van der Waals surface area contributed by atoms with Gasteiger partial charge in [-0.1, -0.05) is 109 Å². The number of phenolic OH excluding ortho intramolecular Hbond substituents is 1. The Morgan fingerprint density at radius 1 is 0.750 bits per heavy atom. The Balaban J connectivity index is 1.80. The minimum absolute atomic E-state index is 0.0379. The maximum absolute atomic E-state index is 11.9. The summed E-state index contributed by atoms with van der Waals surface area (Å²) in [6.45, 7) is 2.28. The second kappa shape index (κ2) is 17.6. The number of unbranched alkanes of at least 4 members (excludes halogenated alkanes) is 15. The van der Waals surface area contributed by atoms with Gasteiger partial charge in [0.15, 0.2) is 0 Å². The van der Waals surface area contributed by atoms with E-state index in [0.29, 0.717) is 12.1 Å². The molecule has 0 bridgehead atoms. The van der Waals surface area contributed by atoms with Gasteiger partial charge in [-0.05, 0) is 18.6 Å². The van der Waals surface area contributed by atoms with Gasteiger partial charge < -0.3 is 10.4 Å². The number of amides is 1. The first-order valence-electron chi connectivity index (χ1n) is 11.8. The molecule has 0 unspecified atom stereocenters. The van der Waals surface area contributed by atoms with Crippen molar-refractivity contribution >= 4 is 11.6 Å². The molecule has 1 amide bonds. The lowest BCUT2D eigenvalue weighted by molar-refractivity contribution is -0.116. The third kappa shape index (κ3) is 14.5. The third-order valence-corrected chi connectivity index (χ3v) is 5.39. The quantitative estimate of drug-likeness (QED) is 0.250. The highest BCUT2D eigenvalue weighted by molar-refractivity contribution is 5.90. The molecule has 0 aliphatic heterocycles. The van der Waals surface area contributed by atoms with Gasteiger partial charge in [0.25, 0.3) is 0 Å². The molecule has 0 fully saturated rings. The van der Waals surface area contributed by atoms with Gasteiger partial charge in [-0.3, -0.25) is 4.79 Å². The predicted molar refractivity (Wildman–Crippen MR) is 121 cm³/mol. The zero-order chi connectivity index (χ0) is 20.3. The molecule has 0 saturated carbocycles. The Morgan fingerprint density at radius 3 is 1.68 bits per heavy atom. The first-order valence-corrected chi connectivity index (χ1v) is 11.8. The van der Waals surface area contributed by atoms with Crippen LogP contribution in [0.2, 0.25) is 0 Å². The molecule has 1 aromatic carbocycles. The Morgan fingerprint density at radius 2 is 1.21 bits per heavy atom. The van der Waals surface area contributed by atoms with E-state index >= 15 is 0 Å². The van der Waals surface area contributed by atoms with Gasteiger partial charge in [0.05, 0.1) is 0 Å². The summed E-state index contributed by atoms with van der Waals surface area (Å²) < 4.78 is 0. The number of anilines is 1. The smallest absolute Gasteiger partial charge is 0.224 e. The summed E-state index contributed by atoms with van der Waals surface area (Å²) in [6.07, 6.45) is 22.0. The van der Waals surface area contributed by atoms with Crippen LogP contribution in [-0.4, -0.2) is 11.0 Å². The van der Waals surface area contributed by atoms with Crippen LogP contribution in [0.5, 0.6) is 5.75 Å². The Labute approximate surface area is 173 Å². The van der Waals surface area contributed by atoms with Crippen LogP contribution in [0.25, 0.3) is 0 Å². The largest absolute Gasteiger partial charge is 0.508 e. The van der Waals surface area contributed by atoms with Crippen molar-refractivity contribution in [3.63, 3.8) is 0 Å². The molecule has 1 aromatic rings. The maximum atomic E-state index is 11.9. The number of carbonyl (C=O) groups is 1. The minimum Gasteiger partial charge on any atom is -0.508 e. The van der Waals surface area contributed by atoms with E-state index in [1.54, 1.807) is 24.3 Å². The molecule has 0 radical (unpaired) electrons. The Hall–Kier alpha value is -1.51. The Bertz CT molecular complexity index is 501. The molecule has 0 atom stereocenters. The molecule has 3 heteroatoms. The summed E-state index contributed by atoms with van der Waals surface area (Å²) >= 11 is 0. The molecule has 0 spiro atoms. The number of benzene rings is 1. The van der Waals surface area contributed by atoms with Crippen molar-refractivity contribution in [2.45, 2.75) is 116 Å². The Kier molecular flexibility index (Phi) is 15.4. The van der Waals surface area contributed by atoms with Gasteiger partial charge in [-0.25, -0.2) is 0 Å². The molecular weight excluding hydrogens is 346 g/mol. The number of hydrogen-bond acceptors (Lipinski definition) is 2. The fraction of sp³-hybridized carbons (Fsp3) is 0.720. The normalized spacial score (nSPS) is 10.9. The molecular formula is C25H43NO2. The monoisotopic (exact) mass is 389 g/mol. The van der Waals surface area contributed by atoms with Crippen molar-refractivity contribution in [2.75, 3.05) is 5.32 Å². The van der Waals surface area contributed by atoms with Gasteiger partial charge in [-0.15, -0.1) is 0 Å². The number of hydrogen-bond donors (Lipinski definition) is 2. The first kappa shape index (κ1) is 24.5. The summed E-state index contributed by atoms with van der Waals surface area (Å²) in [5.74, 6) is 0.219. The van der Waals surface area contributed by atoms with E-state index in [0.717, 1.165) is 12.8 Å². The molecule has 0 saturated heterocycles. The summed E-state index contributed by atoms with van der Waals surface area (Å²) in [4.78, 5) is 11.9. The van der Waals surface area contributed by atoms with Gasteiger partial charge in [0, 0.05) is 18.2 Å². The van der Waals surface area contributed by atoms with E-state index in [1.807, 2.05) is 0 Å². The van der Waals surface area contributed by atoms with Crippen molar-refractivity contribution in [3.05, 3.63) is 24.3 Å². The molecule has 0 aliphatic rings. The van der Waals surface area contributed by atoms with Gasteiger partial charge in [-0.2, -0.15) is 0 Å². The lowest BCUT2D eigenvalue weighted by atomic mass is 10.0.